The Labute approximate surface area is 135 Å². The minimum Gasteiger partial charge on any atom is -0.496 e. The summed E-state index contributed by atoms with van der Waals surface area (Å²) in [5.74, 6) is 1.27. The number of halogens is 1. The molecule has 0 aliphatic rings. The van der Waals surface area contributed by atoms with Crippen molar-refractivity contribution in [1.82, 2.24) is 4.98 Å². The van der Waals surface area contributed by atoms with Gasteiger partial charge in [-0.15, -0.1) is 0 Å². The monoisotopic (exact) mass is 350 g/mol. The lowest BCUT2D eigenvalue weighted by molar-refractivity contribution is 0.419. The molecule has 1 aromatic carbocycles. The third-order valence-corrected chi connectivity index (χ3v) is 4.27. The molecule has 0 saturated heterocycles. The van der Waals surface area contributed by atoms with Gasteiger partial charge in [0.05, 0.1) is 23.7 Å². The number of rotatable bonds is 5. The highest BCUT2D eigenvalue weighted by atomic mass is 79.9. The lowest BCUT2D eigenvalue weighted by Crippen LogP contribution is -2.09. The molecule has 4 heteroatoms. The van der Waals surface area contributed by atoms with Gasteiger partial charge in [0.2, 0.25) is 0 Å². The molecular formula is C17H23BrN2O. The van der Waals surface area contributed by atoms with Gasteiger partial charge in [0.25, 0.3) is 0 Å². The molecule has 2 rings (SSSR count). The number of fused-ring (bicyclic) bond motifs is 1. The van der Waals surface area contributed by atoms with Crippen LogP contribution in [0.5, 0.6) is 5.75 Å². The fourth-order valence-electron chi connectivity index (χ4n) is 2.75. The van der Waals surface area contributed by atoms with Gasteiger partial charge >= 0.3 is 0 Å². The molecule has 114 valence electrons. The summed E-state index contributed by atoms with van der Waals surface area (Å²) in [5, 5.41) is 4.65. The Balaban J connectivity index is 2.87. The van der Waals surface area contributed by atoms with Crippen LogP contribution in [-0.4, -0.2) is 18.6 Å². The molecule has 0 aliphatic carbocycles. The molecule has 0 radical (unpaired) electrons. The number of anilines is 1. The molecule has 1 heterocycles. The molecule has 3 nitrogen and oxygen atoms in total. The first kappa shape index (κ1) is 16.1. The molecule has 0 spiro atoms. The summed E-state index contributed by atoms with van der Waals surface area (Å²) in [6, 6.07) is 3.98. The maximum atomic E-state index is 5.58. The maximum Gasteiger partial charge on any atom is 0.130 e. The van der Waals surface area contributed by atoms with Crippen LogP contribution in [0.15, 0.2) is 16.6 Å². The van der Waals surface area contributed by atoms with Crippen LogP contribution in [0.2, 0.25) is 0 Å². The number of nitrogens with zero attached hydrogens (tertiary/aromatic N) is 1. The molecule has 0 unspecified atom stereocenters. The molecule has 0 atom stereocenters. The summed E-state index contributed by atoms with van der Waals surface area (Å²) in [5.41, 5.74) is 4.46. The predicted octanol–water partition coefficient (Wildman–Crippen LogP) is 5.26. The quantitative estimate of drug-likeness (QED) is 0.798. The Morgan fingerprint density at radius 1 is 1.33 bits per heavy atom. The van der Waals surface area contributed by atoms with E-state index in [0.29, 0.717) is 5.92 Å². The van der Waals surface area contributed by atoms with E-state index in [4.69, 9.17) is 9.72 Å². The topological polar surface area (TPSA) is 34.2 Å². The van der Waals surface area contributed by atoms with Crippen LogP contribution in [0.3, 0.4) is 0 Å². The average Bonchev–Trinajstić information content (AvgIpc) is 2.45. The van der Waals surface area contributed by atoms with E-state index in [1.807, 2.05) is 12.1 Å². The van der Waals surface area contributed by atoms with Gasteiger partial charge in [-0.2, -0.15) is 0 Å². The first-order chi connectivity index (χ1) is 10.0. The number of pyridine rings is 1. The van der Waals surface area contributed by atoms with Crippen LogP contribution in [0.4, 0.5) is 5.69 Å². The number of hydrogen-bond donors (Lipinski definition) is 1. The average molecular weight is 351 g/mol. The zero-order valence-corrected chi connectivity index (χ0v) is 15.0. The molecular weight excluding hydrogens is 328 g/mol. The highest BCUT2D eigenvalue weighted by Crippen LogP contribution is 2.41. The van der Waals surface area contributed by atoms with Crippen molar-refractivity contribution in [3.63, 3.8) is 0 Å². The van der Waals surface area contributed by atoms with Crippen LogP contribution >= 0.6 is 15.9 Å². The summed E-state index contributed by atoms with van der Waals surface area (Å²) in [4.78, 5) is 4.81. The largest absolute Gasteiger partial charge is 0.496 e. The second-order valence-corrected chi connectivity index (χ2v) is 6.39. The van der Waals surface area contributed by atoms with Gasteiger partial charge in [-0.05, 0) is 52.9 Å². The molecule has 1 N–H and O–H groups in total. The smallest absolute Gasteiger partial charge is 0.130 e. The van der Waals surface area contributed by atoms with Gasteiger partial charge in [0.15, 0.2) is 0 Å². The SMILES string of the molecule is CCCNc1c(C(C)C)c(C)nc2c(Br)ccc(OC)c12. The Morgan fingerprint density at radius 3 is 2.62 bits per heavy atom. The first-order valence-electron chi connectivity index (χ1n) is 7.41. The zero-order chi connectivity index (χ0) is 15.6. The van der Waals surface area contributed by atoms with E-state index in [1.165, 1.54) is 5.56 Å². The molecule has 0 amide bonds. The number of benzene rings is 1. The van der Waals surface area contributed by atoms with Crippen molar-refractivity contribution >= 4 is 32.5 Å². The van der Waals surface area contributed by atoms with E-state index < -0.39 is 0 Å². The highest BCUT2D eigenvalue weighted by Gasteiger charge is 2.19. The lowest BCUT2D eigenvalue weighted by Gasteiger charge is -2.21. The van der Waals surface area contributed by atoms with E-state index in [0.717, 1.165) is 45.5 Å². The number of ether oxygens (including phenoxy) is 1. The summed E-state index contributed by atoms with van der Waals surface area (Å²) >= 11 is 3.61. The second kappa shape index (κ2) is 6.65. The van der Waals surface area contributed by atoms with Crippen molar-refractivity contribution in [2.45, 2.75) is 40.0 Å². The normalized spacial score (nSPS) is 11.2. The van der Waals surface area contributed by atoms with Gasteiger partial charge in [0, 0.05) is 16.7 Å². The fourth-order valence-corrected chi connectivity index (χ4v) is 3.17. The zero-order valence-electron chi connectivity index (χ0n) is 13.4. The molecule has 21 heavy (non-hydrogen) atoms. The molecule has 2 aromatic rings. The van der Waals surface area contributed by atoms with Gasteiger partial charge in [0.1, 0.15) is 5.75 Å². The third kappa shape index (κ3) is 3.00. The lowest BCUT2D eigenvalue weighted by atomic mass is 9.96. The predicted molar refractivity (Wildman–Crippen MR) is 93.6 cm³/mol. The first-order valence-corrected chi connectivity index (χ1v) is 8.21. The van der Waals surface area contributed by atoms with Crippen molar-refractivity contribution in [3.05, 3.63) is 27.9 Å². The highest BCUT2D eigenvalue weighted by molar-refractivity contribution is 9.10. The molecule has 0 aliphatic heterocycles. The standard InChI is InChI=1S/C17H23BrN2O/c1-6-9-19-17-14(10(2)3)11(4)20-16-12(18)7-8-13(21-5)15(16)17/h7-8,10H,6,9H2,1-5H3,(H,19,20). The van der Waals surface area contributed by atoms with E-state index >= 15 is 0 Å². The number of aryl methyl sites for hydroxylation is 1. The van der Waals surface area contributed by atoms with Crippen LogP contribution in [0, 0.1) is 6.92 Å². The number of aromatic nitrogens is 1. The Morgan fingerprint density at radius 2 is 2.05 bits per heavy atom. The fraction of sp³-hybridized carbons (Fsp3) is 0.471. The van der Waals surface area contributed by atoms with Crippen molar-refractivity contribution in [3.8, 4) is 5.75 Å². The Kier molecular flexibility index (Phi) is 5.09. The molecule has 0 saturated carbocycles. The molecule has 0 bridgehead atoms. The van der Waals surface area contributed by atoms with Gasteiger partial charge in [-0.25, -0.2) is 0 Å². The van der Waals surface area contributed by atoms with Crippen LogP contribution < -0.4 is 10.1 Å². The van der Waals surface area contributed by atoms with Crippen LogP contribution in [-0.2, 0) is 0 Å². The number of nitrogens with one attached hydrogen (secondary N) is 1. The Hall–Kier alpha value is -1.29. The minimum absolute atomic E-state index is 0.407. The Bertz CT molecular complexity index is 653. The minimum atomic E-state index is 0.407. The van der Waals surface area contributed by atoms with Crippen molar-refractivity contribution in [2.75, 3.05) is 19.0 Å². The second-order valence-electron chi connectivity index (χ2n) is 5.54. The summed E-state index contributed by atoms with van der Waals surface area (Å²) < 4.78 is 6.57. The maximum absolute atomic E-state index is 5.58. The van der Waals surface area contributed by atoms with E-state index in [1.54, 1.807) is 7.11 Å². The van der Waals surface area contributed by atoms with Crippen LogP contribution in [0.25, 0.3) is 10.9 Å². The summed E-state index contributed by atoms with van der Waals surface area (Å²) in [6.07, 6.45) is 1.08. The summed E-state index contributed by atoms with van der Waals surface area (Å²) in [7, 11) is 1.71. The molecule has 1 aromatic heterocycles. The van der Waals surface area contributed by atoms with Gasteiger partial charge in [-0.1, -0.05) is 20.8 Å². The van der Waals surface area contributed by atoms with E-state index in [2.05, 4.69) is 48.9 Å². The van der Waals surface area contributed by atoms with Crippen molar-refractivity contribution in [2.24, 2.45) is 0 Å². The summed E-state index contributed by atoms with van der Waals surface area (Å²) in [6.45, 7) is 9.60. The van der Waals surface area contributed by atoms with E-state index in [9.17, 15) is 0 Å². The van der Waals surface area contributed by atoms with Crippen molar-refractivity contribution in [1.29, 1.82) is 0 Å². The van der Waals surface area contributed by atoms with Crippen molar-refractivity contribution < 1.29 is 4.74 Å². The molecule has 0 fully saturated rings. The van der Waals surface area contributed by atoms with Gasteiger partial charge in [-0.3, -0.25) is 4.98 Å². The number of methoxy groups -OCH3 is 1. The third-order valence-electron chi connectivity index (χ3n) is 3.63. The van der Waals surface area contributed by atoms with Gasteiger partial charge < -0.3 is 10.1 Å². The van der Waals surface area contributed by atoms with E-state index in [-0.39, 0.29) is 0 Å². The van der Waals surface area contributed by atoms with Crippen LogP contribution in [0.1, 0.15) is 44.4 Å². The number of hydrogen-bond acceptors (Lipinski definition) is 3.